The molecule has 0 saturated carbocycles. The highest BCUT2D eigenvalue weighted by Crippen LogP contribution is 2.50. The third kappa shape index (κ3) is 1.21. The summed E-state index contributed by atoms with van der Waals surface area (Å²) in [6, 6.07) is 0. The molecule has 2 N–H and O–H groups in total. The maximum absolute atomic E-state index is 6.34. The van der Waals surface area contributed by atoms with Gasteiger partial charge in [-0.15, -0.1) is 0 Å². The monoisotopic (exact) mass is 239 g/mol. The summed E-state index contributed by atoms with van der Waals surface area (Å²) in [6.07, 6.45) is 1.92. The van der Waals surface area contributed by atoms with Crippen molar-refractivity contribution in [2.45, 2.75) is 38.9 Å². The van der Waals surface area contributed by atoms with E-state index in [1.807, 2.05) is 13.8 Å². The van der Waals surface area contributed by atoms with E-state index in [-0.39, 0.29) is 12.2 Å². The van der Waals surface area contributed by atoms with Crippen molar-refractivity contribution in [2.75, 3.05) is 5.73 Å². The summed E-state index contributed by atoms with van der Waals surface area (Å²) in [5.41, 5.74) is 8.83. The van der Waals surface area contributed by atoms with E-state index in [4.69, 9.17) is 26.8 Å². The molecule has 16 heavy (non-hydrogen) atoms. The molecule has 1 aromatic rings. The minimum atomic E-state index is 0.148. The molecule has 1 aromatic carbocycles. The Morgan fingerprint density at radius 1 is 1.06 bits per heavy atom. The fourth-order valence-electron chi connectivity index (χ4n) is 2.49. The van der Waals surface area contributed by atoms with Crippen LogP contribution >= 0.6 is 11.6 Å². The number of hydrogen-bond donors (Lipinski definition) is 1. The van der Waals surface area contributed by atoms with E-state index in [0.29, 0.717) is 10.7 Å². The van der Waals surface area contributed by atoms with Crippen molar-refractivity contribution in [3.63, 3.8) is 0 Å². The fourth-order valence-corrected chi connectivity index (χ4v) is 2.82. The summed E-state index contributed by atoms with van der Waals surface area (Å²) >= 11 is 6.34. The highest BCUT2D eigenvalue weighted by Gasteiger charge is 2.34. The Morgan fingerprint density at radius 3 is 2.31 bits per heavy atom. The van der Waals surface area contributed by atoms with Crippen LogP contribution in [0.1, 0.15) is 25.0 Å². The van der Waals surface area contributed by atoms with Crippen molar-refractivity contribution in [1.82, 2.24) is 0 Å². The van der Waals surface area contributed by atoms with Gasteiger partial charge in [-0.1, -0.05) is 11.6 Å². The Balaban J connectivity index is 2.22. The van der Waals surface area contributed by atoms with Gasteiger partial charge < -0.3 is 15.2 Å². The number of rotatable bonds is 0. The van der Waals surface area contributed by atoms with Crippen molar-refractivity contribution in [3.8, 4) is 11.5 Å². The lowest BCUT2D eigenvalue weighted by molar-refractivity contribution is 0.254. The Labute approximate surface area is 99.5 Å². The minimum absolute atomic E-state index is 0.148. The zero-order chi connectivity index (χ0) is 11.4. The van der Waals surface area contributed by atoms with Gasteiger partial charge in [0.1, 0.15) is 23.7 Å². The number of anilines is 1. The van der Waals surface area contributed by atoms with E-state index >= 15 is 0 Å². The van der Waals surface area contributed by atoms with Crippen LogP contribution in [0.3, 0.4) is 0 Å². The van der Waals surface area contributed by atoms with Gasteiger partial charge in [-0.25, -0.2) is 0 Å². The highest BCUT2D eigenvalue weighted by molar-refractivity contribution is 6.33. The zero-order valence-corrected chi connectivity index (χ0v) is 10.1. The molecular weight excluding hydrogens is 226 g/mol. The third-order valence-electron chi connectivity index (χ3n) is 3.20. The van der Waals surface area contributed by atoms with E-state index in [0.717, 1.165) is 35.5 Å². The molecule has 0 radical (unpaired) electrons. The van der Waals surface area contributed by atoms with Gasteiger partial charge in [0.05, 0.1) is 10.7 Å². The number of ether oxygens (including phenoxy) is 2. The van der Waals surface area contributed by atoms with Crippen LogP contribution in [0.4, 0.5) is 5.69 Å². The van der Waals surface area contributed by atoms with Crippen LogP contribution in [0.25, 0.3) is 0 Å². The third-order valence-corrected chi connectivity index (χ3v) is 3.60. The van der Waals surface area contributed by atoms with Gasteiger partial charge in [0.15, 0.2) is 0 Å². The highest BCUT2D eigenvalue weighted by atomic mass is 35.5. The van der Waals surface area contributed by atoms with Crippen molar-refractivity contribution in [3.05, 3.63) is 16.1 Å². The molecule has 0 spiro atoms. The molecule has 2 heterocycles. The summed E-state index contributed by atoms with van der Waals surface area (Å²) in [7, 11) is 0. The minimum Gasteiger partial charge on any atom is -0.488 e. The van der Waals surface area contributed by atoms with Crippen LogP contribution in [0.5, 0.6) is 11.5 Å². The molecule has 0 amide bonds. The number of halogens is 1. The first-order chi connectivity index (χ1) is 7.58. The first-order valence-electron chi connectivity index (χ1n) is 5.54. The Kier molecular flexibility index (Phi) is 2.02. The topological polar surface area (TPSA) is 44.5 Å². The summed E-state index contributed by atoms with van der Waals surface area (Å²) < 4.78 is 11.4. The van der Waals surface area contributed by atoms with Crippen molar-refractivity contribution in [2.24, 2.45) is 0 Å². The number of fused-ring (bicyclic) bond motifs is 2. The van der Waals surface area contributed by atoms with Crippen molar-refractivity contribution in [1.29, 1.82) is 0 Å². The summed E-state index contributed by atoms with van der Waals surface area (Å²) in [5.74, 6) is 1.54. The number of hydrogen-bond acceptors (Lipinski definition) is 3. The van der Waals surface area contributed by atoms with Crippen LogP contribution in [0.15, 0.2) is 0 Å². The number of nitrogen functional groups attached to an aromatic ring is 1. The van der Waals surface area contributed by atoms with Gasteiger partial charge in [-0.3, -0.25) is 0 Å². The summed E-state index contributed by atoms with van der Waals surface area (Å²) in [4.78, 5) is 0. The number of nitrogens with two attached hydrogens (primary N) is 1. The average molecular weight is 240 g/mol. The van der Waals surface area contributed by atoms with Gasteiger partial charge in [0.25, 0.3) is 0 Å². The van der Waals surface area contributed by atoms with Gasteiger partial charge >= 0.3 is 0 Å². The maximum Gasteiger partial charge on any atom is 0.147 e. The molecule has 86 valence electrons. The second-order valence-corrected chi connectivity index (χ2v) is 4.99. The summed E-state index contributed by atoms with van der Waals surface area (Å²) in [5, 5.41) is 0.688. The molecule has 2 aliphatic rings. The Hall–Kier alpha value is -1.09. The lowest BCUT2D eigenvalue weighted by atomic mass is 10.0. The average Bonchev–Trinajstić information content (AvgIpc) is 2.78. The van der Waals surface area contributed by atoms with Gasteiger partial charge in [0, 0.05) is 24.0 Å². The normalized spacial score (nSPS) is 25.9. The van der Waals surface area contributed by atoms with Crippen LogP contribution in [-0.4, -0.2) is 12.2 Å². The molecule has 2 atom stereocenters. The lowest BCUT2D eigenvalue weighted by Gasteiger charge is -2.11. The number of benzene rings is 1. The quantitative estimate of drug-likeness (QED) is 0.708. The van der Waals surface area contributed by atoms with E-state index < -0.39 is 0 Å². The lowest BCUT2D eigenvalue weighted by Crippen LogP contribution is -2.07. The largest absolute Gasteiger partial charge is 0.488 e. The van der Waals surface area contributed by atoms with Gasteiger partial charge in [-0.2, -0.15) is 0 Å². The molecule has 0 aliphatic carbocycles. The Bertz CT molecular complexity index is 393. The molecule has 2 aliphatic heterocycles. The van der Waals surface area contributed by atoms with Crippen molar-refractivity contribution >= 4 is 17.3 Å². The second kappa shape index (κ2) is 3.20. The molecule has 3 nitrogen and oxygen atoms in total. The fraction of sp³-hybridized carbons (Fsp3) is 0.500. The smallest absolute Gasteiger partial charge is 0.147 e. The molecule has 4 heteroatoms. The second-order valence-electron chi connectivity index (χ2n) is 4.61. The zero-order valence-electron chi connectivity index (χ0n) is 9.34. The molecule has 0 fully saturated rings. The van der Waals surface area contributed by atoms with Crippen LogP contribution < -0.4 is 15.2 Å². The van der Waals surface area contributed by atoms with E-state index in [1.54, 1.807) is 0 Å². The van der Waals surface area contributed by atoms with Crippen molar-refractivity contribution < 1.29 is 9.47 Å². The predicted octanol–water partition coefficient (Wildman–Crippen LogP) is 2.57. The Morgan fingerprint density at radius 2 is 1.62 bits per heavy atom. The molecular formula is C12H14ClNO2. The van der Waals surface area contributed by atoms with Gasteiger partial charge in [0.2, 0.25) is 0 Å². The predicted molar refractivity (Wildman–Crippen MR) is 63.5 cm³/mol. The van der Waals surface area contributed by atoms with E-state index in [1.165, 1.54) is 0 Å². The molecule has 2 unspecified atom stereocenters. The van der Waals surface area contributed by atoms with E-state index in [9.17, 15) is 0 Å². The first kappa shape index (κ1) is 10.1. The van der Waals surface area contributed by atoms with Crippen LogP contribution in [0.2, 0.25) is 5.02 Å². The van der Waals surface area contributed by atoms with E-state index in [2.05, 4.69) is 0 Å². The first-order valence-corrected chi connectivity index (χ1v) is 5.91. The van der Waals surface area contributed by atoms with Crippen LogP contribution in [-0.2, 0) is 12.8 Å². The summed E-state index contributed by atoms with van der Waals surface area (Å²) in [6.45, 7) is 4.04. The van der Waals surface area contributed by atoms with Gasteiger partial charge in [-0.05, 0) is 13.8 Å². The molecule has 0 aromatic heterocycles. The standard InChI is InChI=1S/C12H14ClNO2/c1-5-3-7-9(13)11-8(4-6(2)15-11)10(14)12(7)16-5/h5-6H,3-4,14H2,1-2H3. The molecule has 3 rings (SSSR count). The van der Waals surface area contributed by atoms with Crippen LogP contribution in [0, 0.1) is 0 Å². The maximum atomic E-state index is 6.34. The SMILES string of the molecule is CC1Cc2c(Cl)c3c(c(N)c2O1)CC(C)O3. The molecule has 0 bridgehead atoms. The molecule has 0 saturated heterocycles.